The van der Waals surface area contributed by atoms with Crippen molar-refractivity contribution in [2.24, 2.45) is 0 Å². The maximum atomic E-state index is 13.1. The number of rotatable bonds is 5. The van der Waals surface area contributed by atoms with Gasteiger partial charge in [-0.2, -0.15) is 0 Å². The maximum Gasteiger partial charge on any atom is 0.262 e. The highest BCUT2D eigenvalue weighted by Gasteiger charge is 2.44. The average Bonchev–Trinajstić information content (AvgIpc) is 3.50. The number of nitrogens with zero attached hydrogens (tertiary/aromatic N) is 1. The molecule has 7 nitrogen and oxygen atoms in total. The number of likely N-dealkylation sites (tertiary alicyclic amines) is 1. The average molecular weight is 527 g/mol. The van der Waals surface area contributed by atoms with Crippen molar-refractivity contribution in [3.05, 3.63) is 49.6 Å². The Morgan fingerprint density at radius 2 is 1.94 bits per heavy atom. The van der Waals surface area contributed by atoms with Crippen LogP contribution in [0.25, 0.3) is 0 Å². The van der Waals surface area contributed by atoms with Crippen LogP contribution in [0.4, 0.5) is 5.69 Å². The molecule has 1 atom stereocenters. The SMILES string of the molecule is O=C(NC1(C(=O)Nc2ccc(C(=O)N3CCCC3)c(Cl)c2)CCOC1)c1ccc(Br)s1. The highest BCUT2D eigenvalue weighted by molar-refractivity contribution is 9.11. The van der Waals surface area contributed by atoms with Crippen molar-refractivity contribution in [1.82, 2.24) is 10.2 Å². The number of hydrogen-bond donors (Lipinski definition) is 2. The minimum atomic E-state index is -1.18. The minimum Gasteiger partial charge on any atom is -0.378 e. The molecule has 2 aliphatic heterocycles. The first-order chi connectivity index (χ1) is 14.9. The fourth-order valence-corrected chi connectivity index (χ4v) is 5.26. The number of nitrogens with one attached hydrogen (secondary N) is 2. The Morgan fingerprint density at radius 3 is 2.55 bits per heavy atom. The quantitative estimate of drug-likeness (QED) is 0.618. The van der Waals surface area contributed by atoms with Crippen molar-refractivity contribution < 1.29 is 19.1 Å². The first-order valence-electron chi connectivity index (χ1n) is 9.94. The fraction of sp³-hybridized carbons (Fsp3) is 0.381. The predicted molar refractivity (Wildman–Crippen MR) is 123 cm³/mol. The van der Waals surface area contributed by atoms with Crippen LogP contribution in [0, 0.1) is 0 Å². The molecule has 0 aliphatic carbocycles. The van der Waals surface area contributed by atoms with Gasteiger partial charge in [0, 0.05) is 31.8 Å². The van der Waals surface area contributed by atoms with Gasteiger partial charge in [-0.25, -0.2) is 0 Å². The number of carbonyl (C=O) groups is 3. The summed E-state index contributed by atoms with van der Waals surface area (Å²) >= 11 is 11.0. The van der Waals surface area contributed by atoms with Gasteiger partial charge in [0.25, 0.3) is 17.7 Å². The lowest BCUT2D eigenvalue weighted by molar-refractivity contribution is -0.122. The molecule has 0 bridgehead atoms. The molecule has 2 saturated heterocycles. The standard InChI is InChI=1S/C21H21BrClN3O4S/c22-17-6-5-16(31-17)18(27)25-21(7-10-30-12-21)20(29)24-13-3-4-14(15(23)11-13)19(28)26-8-1-2-9-26/h3-6,11H,1-2,7-10,12H2,(H,24,29)(H,25,27). The van der Waals surface area contributed by atoms with Gasteiger partial charge in [-0.05, 0) is 59.1 Å². The molecule has 0 spiro atoms. The molecule has 1 aromatic carbocycles. The molecule has 2 N–H and O–H groups in total. The van der Waals surface area contributed by atoms with Crippen LogP contribution in [0.15, 0.2) is 34.1 Å². The Bertz CT molecular complexity index is 1020. The molecule has 164 valence electrons. The van der Waals surface area contributed by atoms with E-state index in [1.54, 1.807) is 35.2 Å². The van der Waals surface area contributed by atoms with E-state index in [4.69, 9.17) is 16.3 Å². The second kappa shape index (κ2) is 9.28. The molecule has 2 fully saturated rings. The number of carbonyl (C=O) groups excluding carboxylic acids is 3. The van der Waals surface area contributed by atoms with Gasteiger partial charge in [-0.3, -0.25) is 14.4 Å². The van der Waals surface area contributed by atoms with E-state index in [0.29, 0.717) is 29.2 Å². The minimum absolute atomic E-state index is 0.0797. The third-order valence-corrected chi connectivity index (χ3v) is 7.39. The molecule has 4 rings (SSSR count). The van der Waals surface area contributed by atoms with Crippen LogP contribution < -0.4 is 10.6 Å². The van der Waals surface area contributed by atoms with E-state index >= 15 is 0 Å². The summed E-state index contributed by atoms with van der Waals surface area (Å²) in [6.45, 7) is 1.91. The maximum absolute atomic E-state index is 13.1. The van der Waals surface area contributed by atoms with E-state index in [1.807, 2.05) is 0 Å². The molecule has 0 radical (unpaired) electrons. The number of halogens is 2. The van der Waals surface area contributed by atoms with E-state index in [2.05, 4.69) is 26.6 Å². The van der Waals surface area contributed by atoms with Crippen molar-refractivity contribution in [3.8, 4) is 0 Å². The van der Waals surface area contributed by atoms with Crippen LogP contribution in [-0.2, 0) is 9.53 Å². The van der Waals surface area contributed by atoms with E-state index in [0.717, 1.165) is 29.7 Å². The zero-order valence-electron chi connectivity index (χ0n) is 16.6. The number of ether oxygens (including phenoxy) is 1. The number of benzene rings is 1. The van der Waals surface area contributed by atoms with Gasteiger partial charge in [0.15, 0.2) is 0 Å². The molecule has 31 heavy (non-hydrogen) atoms. The van der Waals surface area contributed by atoms with Crippen LogP contribution in [0.3, 0.4) is 0 Å². The summed E-state index contributed by atoms with van der Waals surface area (Å²) in [6, 6.07) is 8.31. The van der Waals surface area contributed by atoms with Gasteiger partial charge in [0.2, 0.25) is 0 Å². The summed E-state index contributed by atoms with van der Waals surface area (Å²) in [5, 5.41) is 5.93. The molecule has 1 unspecified atom stereocenters. The fourth-order valence-electron chi connectivity index (χ4n) is 3.72. The molecular weight excluding hydrogens is 506 g/mol. The molecule has 2 aliphatic rings. The Hall–Kier alpha value is -1.94. The van der Waals surface area contributed by atoms with Crippen LogP contribution in [0.2, 0.25) is 5.02 Å². The predicted octanol–water partition coefficient (Wildman–Crippen LogP) is 3.93. The summed E-state index contributed by atoms with van der Waals surface area (Å²) < 4.78 is 6.27. The highest BCUT2D eigenvalue weighted by atomic mass is 79.9. The Kier molecular flexibility index (Phi) is 6.66. The zero-order chi connectivity index (χ0) is 22.0. The second-order valence-corrected chi connectivity index (χ2v) is 10.5. The topological polar surface area (TPSA) is 87.7 Å². The zero-order valence-corrected chi connectivity index (χ0v) is 19.7. The molecular formula is C21H21BrClN3O4S. The molecule has 3 amide bonds. The third-order valence-electron chi connectivity index (χ3n) is 5.46. The first-order valence-corrected chi connectivity index (χ1v) is 11.9. The Labute approximate surface area is 197 Å². The summed E-state index contributed by atoms with van der Waals surface area (Å²) in [5.41, 5.74) is -0.311. The van der Waals surface area contributed by atoms with Gasteiger partial charge in [-0.1, -0.05) is 11.6 Å². The molecule has 10 heteroatoms. The van der Waals surface area contributed by atoms with E-state index in [9.17, 15) is 14.4 Å². The summed E-state index contributed by atoms with van der Waals surface area (Å²) in [6.07, 6.45) is 2.35. The molecule has 1 aromatic heterocycles. The number of anilines is 1. The normalized spacial score (nSPS) is 20.6. The van der Waals surface area contributed by atoms with Gasteiger partial charge in [0.05, 0.1) is 25.9 Å². The van der Waals surface area contributed by atoms with E-state index in [-0.39, 0.29) is 29.4 Å². The number of amides is 3. The van der Waals surface area contributed by atoms with Crippen molar-refractivity contribution in [2.75, 3.05) is 31.6 Å². The highest BCUT2D eigenvalue weighted by Crippen LogP contribution is 2.28. The largest absolute Gasteiger partial charge is 0.378 e. The summed E-state index contributed by atoms with van der Waals surface area (Å²) in [4.78, 5) is 40.7. The van der Waals surface area contributed by atoms with Crippen molar-refractivity contribution in [2.45, 2.75) is 24.8 Å². The Balaban J connectivity index is 1.48. The smallest absolute Gasteiger partial charge is 0.262 e. The third kappa shape index (κ3) is 4.79. The number of thiophene rings is 1. The van der Waals surface area contributed by atoms with Crippen LogP contribution in [0.1, 0.15) is 39.3 Å². The van der Waals surface area contributed by atoms with Gasteiger partial charge < -0.3 is 20.3 Å². The van der Waals surface area contributed by atoms with E-state index < -0.39 is 5.54 Å². The van der Waals surface area contributed by atoms with Crippen molar-refractivity contribution in [3.63, 3.8) is 0 Å². The van der Waals surface area contributed by atoms with Crippen LogP contribution in [0.5, 0.6) is 0 Å². The van der Waals surface area contributed by atoms with E-state index in [1.165, 1.54) is 11.3 Å². The monoisotopic (exact) mass is 525 g/mol. The number of hydrogen-bond acceptors (Lipinski definition) is 5. The second-order valence-electron chi connectivity index (χ2n) is 7.59. The molecule has 0 saturated carbocycles. The van der Waals surface area contributed by atoms with Gasteiger partial charge in [0.1, 0.15) is 5.54 Å². The van der Waals surface area contributed by atoms with Crippen molar-refractivity contribution >= 4 is 62.3 Å². The lowest BCUT2D eigenvalue weighted by Gasteiger charge is -2.27. The van der Waals surface area contributed by atoms with Gasteiger partial charge in [-0.15, -0.1) is 11.3 Å². The van der Waals surface area contributed by atoms with Gasteiger partial charge >= 0.3 is 0 Å². The summed E-state index contributed by atoms with van der Waals surface area (Å²) in [7, 11) is 0. The first kappa shape index (κ1) is 22.3. The molecule has 3 heterocycles. The Morgan fingerprint density at radius 1 is 1.16 bits per heavy atom. The summed E-state index contributed by atoms with van der Waals surface area (Å²) in [5.74, 6) is -0.819. The van der Waals surface area contributed by atoms with Crippen LogP contribution in [-0.4, -0.2) is 54.5 Å². The van der Waals surface area contributed by atoms with Crippen molar-refractivity contribution in [1.29, 1.82) is 0 Å². The lowest BCUT2D eigenvalue weighted by atomic mass is 9.97. The van der Waals surface area contributed by atoms with Crippen LogP contribution >= 0.6 is 38.9 Å². The lowest BCUT2D eigenvalue weighted by Crippen LogP contribution is -2.57. The molecule has 2 aromatic rings.